The Labute approximate surface area is 137 Å². The second kappa shape index (κ2) is 8.64. The average molecular weight is 318 g/mol. The highest BCUT2D eigenvalue weighted by Crippen LogP contribution is 2.21. The standard InChI is InChI=1S/C17H26N4O2/c1-2-8-19-15(22)13-20-9-11-21(12-10-20)16(17(18)23)14-6-4-3-5-7-14/h3-7,16H,2,8-13H2,1H3,(H2,18,23)(H,19,22)/t16-/m1/s1. The Hall–Kier alpha value is -1.92. The van der Waals surface area contributed by atoms with Crippen LogP contribution in [0.2, 0.25) is 0 Å². The van der Waals surface area contributed by atoms with E-state index >= 15 is 0 Å². The van der Waals surface area contributed by atoms with Crippen LogP contribution in [0.5, 0.6) is 0 Å². The minimum atomic E-state index is -0.396. The van der Waals surface area contributed by atoms with Gasteiger partial charge in [-0.25, -0.2) is 0 Å². The summed E-state index contributed by atoms with van der Waals surface area (Å²) in [5.74, 6) is -0.264. The monoisotopic (exact) mass is 318 g/mol. The molecule has 1 aliphatic heterocycles. The minimum absolute atomic E-state index is 0.0646. The molecule has 1 saturated heterocycles. The Kier molecular flexibility index (Phi) is 6.55. The van der Waals surface area contributed by atoms with E-state index in [0.717, 1.165) is 44.7 Å². The van der Waals surface area contributed by atoms with Crippen LogP contribution in [0.1, 0.15) is 24.9 Å². The molecule has 1 aliphatic rings. The lowest BCUT2D eigenvalue weighted by molar-refractivity contribution is -0.126. The summed E-state index contributed by atoms with van der Waals surface area (Å²) in [7, 11) is 0. The van der Waals surface area contributed by atoms with Crippen LogP contribution >= 0.6 is 0 Å². The van der Waals surface area contributed by atoms with E-state index in [1.54, 1.807) is 0 Å². The Morgan fingerprint density at radius 3 is 2.39 bits per heavy atom. The summed E-state index contributed by atoms with van der Waals surface area (Å²) < 4.78 is 0. The van der Waals surface area contributed by atoms with Crippen LogP contribution < -0.4 is 11.1 Å². The van der Waals surface area contributed by atoms with E-state index in [0.29, 0.717) is 6.54 Å². The molecule has 23 heavy (non-hydrogen) atoms. The molecule has 126 valence electrons. The first-order chi connectivity index (χ1) is 11.1. The highest BCUT2D eigenvalue weighted by atomic mass is 16.2. The van der Waals surface area contributed by atoms with E-state index in [1.807, 2.05) is 37.3 Å². The molecule has 0 radical (unpaired) electrons. The lowest BCUT2D eigenvalue weighted by atomic mass is 10.0. The molecule has 0 aliphatic carbocycles. The van der Waals surface area contributed by atoms with Gasteiger partial charge in [-0.1, -0.05) is 37.3 Å². The number of nitrogens with zero attached hydrogens (tertiary/aromatic N) is 2. The van der Waals surface area contributed by atoms with Gasteiger partial charge in [0.15, 0.2) is 0 Å². The summed E-state index contributed by atoms with van der Waals surface area (Å²) in [6.45, 7) is 6.14. The van der Waals surface area contributed by atoms with E-state index < -0.39 is 6.04 Å². The third-order valence-electron chi connectivity index (χ3n) is 4.10. The summed E-state index contributed by atoms with van der Waals surface area (Å²) in [4.78, 5) is 27.9. The second-order valence-electron chi connectivity index (χ2n) is 5.88. The smallest absolute Gasteiger partial charge is 0.239 e. The van der Waals surface area contributed by atoms with Gasteiger partial charge >= 0.3 is 0 Å². The average Bonchev–Trinajstić information content (AvgIpc) is 2.55. The van der Waals surface area contributed by atoms with Gasteiger partial charge in [-0.15, -0.1) is 0 Å². The predicted molar refractivity (Wildman–Crippen MR) is 89.7 cm³/mol. The molecule has 0 saturated carbocycles. The molecule has 0 aromatic heterocycles. The third-order valence-corrected chi connectivity index (χ3v) is 4.10. The molecule has 1 aromatic rings. The number of carbonyl (C=O) groups excluding carboxylic acids is 2. The largest absolute Gasteiger partial charge is 0.368 e. The van der Waals surface area contributed by atoms with Gasteiger partial charge in [0, 0.05) is 32.7 Å². The first-order valence-corrected chi connectivity index (χ1v) is 8.19. The maximum atomic E-state index is 11.9. The Bertz CT molecular complexity index is 513. The lowest BCUT2D eigenvalue weighted by Crippen LogP contribution is -2.52. The van der Waals surface area contributed by atoms with Crippen molar-refractivity contribution >= 4 is 11.8 Å². The zero-order chi connectivity index (χ0) is 16.7. The maximum absolute atomic E-state index is 11.9. The minimum Gasteiger partial charge on any atom is -0.368 e. The SMILES string of the molecule is CCCNC(=O)CN1CCN([C@@H](C(N)=O)c2ccccc2)CC1. The van der Waals surface area contributed by atoms with Crippen LogP contribution in [0.15, 0.2) is 30.3 Å². The van der Waals surface area contributed by atoms with Crippen molar-refractivity contribution in [2.45, 2.75) is 19.4 Å². The van der Waals surface area contributed by atoms with Gasteiger partial charge in [0.2, 0.25) is 11.8 Å². The second-order valence-corrected chi connectivity index (χ2v) is 5.88. The highest BCUT2D eigenvalue weighted by molar-refractivity contribution is 5.81. The van der Waals surface area contributed by atoms with Crippen molar-refractivity contribution in [1.82, 2.24) is 15.1 Å². The number of piperazine rings is 1. The van der Waals surface area contributed by atoms with Crippen molar-refractivity contribution in [2.24, 2.45) is 5.73 Å². The lowest BCUT2D eigenvalue weighted by Gasteiger charge is -2.38. The summed E-state index contributed by atoms with van der Waals surface area (Å²) in [6, 6.07) is 9.22. The number of hydrogen-bond donors (Lipinski definition) is 2. The van der Waals surface area contributed by atoms with Gasteiger partial charge in [-0.3, -0.25) is 19.4 Å². The molecule has 2 rings (SSSR count). The van der Waals surface area contributed by atoms with E-state index in [2.05, 4.69) is 15.1 Å². The van der Waals surface area contributed by atoms with Crippen LogP contribution in [0.3, 0.4) is 0 Å². The topological polar surface area (TPSA) is 78.7 Å². The molecule has 3 N–H and O–H groups in total. The van der Waals surface area contributed by atoms with Crippen molar-refractivity contribution in [2.75, 3.05) is 39.3 Å². The van der Waals surface area contributed by atoms with Gasteiger partial charge in [0.05, 0.1) is 6.54 Å². The molecular weight excluding hydrogens is 292 g/mol. The third kappa shape index (κ3) is 5.04. The van der Waals surface area contributed by atoms with E-state index in [4.69, 9.17) is 5.73 Å². The molecule has 1 heterocycles. The normalized spacial score (nSPS) is 17.6. The Balaban J connectivity index is 1.89. The van der Waals surface area contributed by atoms with E-state index in [9.17, 15) is 9.59 Å². The molecule has 0 bridgehead atoms. The van der Waals surface area contributed by atoms with E-state index in [1.165, 1.54) is 0 Å². The van der Waals surface area contributed by atoms with Crippen LogP contribution in [-0.2, 0) is 9.59 Å². The molecule has 6 nitrogen and oxygen atoms in total. The number of carbonyl (C=O) groups is 2. The fraction of sp³-hybridized carbons (Fsp3) is 0.529. The summed E-state index contributed by atoms with van der Waals surface area (Å²) in [6.07, 6.45) is 0.941. The number of nitrogens with two attached hydrogens (primary N) is 1. The van der Waals surface area contributed by atoms with Crippen molar-refractivity contribution < 1.29 is 9.59 Å². The molecule has 0 unspecified atom stereocenters. The molecule has 6 heteroatoms. The van der Waals surface area contributed by atoms with Crippen molar-refractivity contribution in [3.8, 4) is 0 Å². The van der Waals surface area contributed by atoms with Crippen LogP contribution in [-0.4, -0.2) is 60.9 Å². The fourth-order valence-electron chi connectivity index (χ4n) is 2.89. The van der Waals surface area contributed by atoms with Gasteiger partial charge in [0.1, 0.15) is 6.04 Å². The van der Waals surface area contributed by atoms with Crippen LogP contribution in [0.4, 0.5) is 0 Å². The van der Waals surface area contributed by atoms with E-state index in [-0.39, 0.29) is 11.8 Å². The van der Waals surface area contributed by atoms with Gasteiger partial charge in [-0.05, 0) is 12.0 Å². The summed E-state index contributed by atoms with van der Waals surface area (Å²) >= 11 is 0. The first kappa shape index (κ1) is 17.4. The summed E-state index contributed by atoms with van der Waals surface area (Å²) in [5.41, 5.74) is 6.54. The van der Waals surface area contributed by atoms with Gasteiger partial charge in [-0.2, -0.15) is 0 Å². The zero-order valence-corrected chi connectivity index (χ0v) is 13.7. The number of nitrogens with one attached hydrogen (secondary N) is 1. The number of hydrogen-bond acceptors (Lipinski definition) is 4. The quantitative estimate of drug-likeness (QED) is 0.761. The fourth-order valence-corrected chi connectivity index (χ4v) is 2.89. The Morgan fingerprint density at radius 2 is 1.83 bits per heavy atom. The van der Waals surface area contributed by atoms with Gasteiger partial charge in [0.25, 0.3) is 0 Å². The van der Waals surface area contributed by atoms with Crippen LogP contribution in [0.25, 0.3) is 0 Å². The molecule has 2 amide bonds. The number of rotatable bonds is 7. The number of benzene rings is 1. The highest BCUT2D eigenvalue weighted by Gasteiger charge is 2.29. The van der Waals surface area contributed by atoms with Crippen molar-refractivity contribution in [3.05, 3.63) is 35.9 Å². The number of amides is 2. The Morgan fingerprint density at radius 1 is 1.17 bits per heavy atom. The molecular formula is C17H26N4O2. The molecule has 1 fully saturated rings. The van der Waals surface area contributed by atoms with Crippen LogP contribution in [0, 0.1) is 0 Å². The van der Waals surface area contributed by atoms with Gasteiger partial charge < -0.3 is 11.1 Å². The van der Waals surface area contributed by atoms with Crippen molar-refractivity contribution in [3.63, 3.8) is 0 Å². The molecule has 1 atom stereocenters. The van der Waals surface area contributed by atoms with Crippen molar-refractivity contribution in [1.29, 1.82) is 0 Å². The predicted octanol–water partition coefficient (Wildman–Crippen LogP) is 0.357. The summed E-state index contributed by atoms with van der Waals surface area (Å²) in [5, 5.41) is 2.89. The first-order valence-electron chi connectivity index (χ1n) is 8.19. The zero-order valence-electron chi connectivity index (χ0n) is 13.7. The number of primary amides is 1. The molecule has 0 spiro atoms. The maximum Gasteiger partial charge on any atom is 0.239 e. The molecule has 1 aromatic carbocycles.